The molecule has 206 valence electrons. The van der Waals surface area contributed by atoms with Gasteiger partial charge in [0.05, 0.1) is 17.3 Å². The van der Waals surface area contributed by atoms with Gasteiger partial charge in [-0.05, 0) is 57.7 Å². The molecule has 0 spiro atoms. The summed E-state index contributed by atoms with van der Waals surface area (Å²) in [5, 5.41) is 18.7. The molecule has 0 saturated heterocycles. The van der Waals surface area contributed by atoms with Crippen LogP contribution in [0.15, 0.2) is 53.6 Å². The van der Waals surface area contributed by atoms with Crippen LogP contribution < -0.4 is 26.2 Å². The van der Waals surface area contributed by atoms with Gasteiger partial charge in [-0.1, -0.05) is 18.2 Å². The topological polar surface area (TPSA) is 118 Å². The third-order valence-corrected chi connectivity index (χ3v) is 7.08. The summed E-state index contributed by atoms with van der Waals surface area (Å²) in [6, 6.07) is 10.6. The minimum absolute atomic E-state index is 0.131. The van der Waals surface area contributed by atoms with Crippen molar-refractivity contribution in [1.82, 2.24) is 20.2 Å². The number of anilines is 1. The Morgan fingerprint density at radius 2 is 2.05 bits per heavy atom. The lowest BCUT2D eigenvalue weighted by atomic mass is 10.0. The molecule has 9 nitrogen and oxygen atoms in total. The van der Waals surface area contributed by atoms with Crippen molar-refractivity contribution in [2.45, 2.75) is 57.2 Å². The number of benzene rings is 2. The van der Waals surface area contributed by atoms with E-state index in [1.807, 2.05) is 24.3 Å². The van der Waals surface area contributed by atoms with Gasteiger partial charge in [0, 0.05) is 48.2 Å². The summed E-state index contributed by atoms with van der Waals surface area (Å²) in [5.74, 6) is -0.0620. The van der Waals surface area contributed by atoms with E-state index < -0.39 is 23.0 Å². The molecule has 2 aliphatic rings. The molecule has 5 rings (SSSR count). The Hall–Kier alpha value is -3.76. The number of aliphatic hydroxyl groups excluding tert-OH is 1. The number of hydrogen-bond acceptors (Lipinski definition) is 7. The van der Waals surface area contributed by atoms with Crippen LogP contribution in [-0.2, 0) is 5.54 Å². The van der Waals surface area contributed by atoms with Gasteiger partial charge in [0.25, 0.3) is 11.5 Å². The maximum atomic E-state index is 14.9. The number of nitrogens with zero attached hydrogens (tertiary/aromatic N) is 2. The highest BCUT2D eigenvalue weighted by Gasteiger charge is 2.47. The van der Waals surface area contributed by atoms with Crippen molar-refractivity contribution < 1.29 is 19.0 Å². The summed E-state index contributed by atoms with van der Waals surface area (Å²) < 4.78 is 22.2. The highest BCUT2D eigenvalue weighted by atomic mass is 19.1. The summed E-state index contributed by atoms with van der Waals surface area (Å²) >= 11 is 0. The molecule has 10 heteroatoms. The second-order valence-corrected chi connectivity index (χ2v) is 10.4. The number of aliphatic hydroxyl groups is 1. The van der Waals surface area contributed by atoms with Crippen LogP contribution in [0.5, 0.6) is 5.75 Å². The number of ether oxygens (including phenoxy) is 1. The van der Waals surface area contributed by atoms with E-state index in [2.05, 4.69) is 20.9 Å². The van der Waals surface area contributed by atoms with Gasteiger partial charge >= 0.3 is 0 Å². The minimum Gasteiger partial charge on any atom is -0.492 e. The van der Waals surface area contributed by atoms with Crippen LogP contribution in [0.25, 0.3) is 5.69 Å². The first kappa shape index (κ1) is 26.8. The fourth-order valence-electron chi connectivity index (χ4n) is 4.57. The van der Waals surface area contributed by atoms with Crippen molar-refractivity contribution >= 4 is 11.7 Å². The van der Waals surface area contributed by atoms with Crippen molar-refractivity contribution in [1.29, 1.82) is 0 Å². The Balaban J connectivity index is 1.38. The van der Waals surface area contributed by atoms with Crippen molar-refractivity contribution in [3.63, 3.8) is 0 Å². The lowest BCUT2D eigenvalue weighted by molar-refractivity contribution is 0.0950. The molecular formula is C29H34FN5O4. The van der Waals surface area contributed by atoms with Gasteiger partial charge in [0.2, 0.25) is 0 Å². The van der Waals surface area contributed by atoms with Gasteiger partial charge in [-0.2, -0.15) is 0 Å². The number of aromatic nitrogens is 2. The van der Waals surface area contributed by atoms with Crippen LogP contribution in [0.3, 0.4) is 0 Å². The predicted molar refractivity (Wildman–Crippen MR) is 146 cm³/mol. The first-order chi connectivity index (χ1) is 18.8. The monoisotopic (exact) mass is 535 g/mol. The average molecular weight is 536 g/mol. The number of para-hydroxylation sites is 1. The van der Waals surface area contributed by atoms with Crippen LogP contribution in [0, 0.1) is 12.7 Å². The maximum Gasteiger partial charge on any atom is 0.297 e. The molecular weight excluding hydrogens is 501 g/mol. The fraction of sp³-hybridized carbons (Fsp3) is 0.414. The normalized spacial score (nSPS) is 16.4. The van der Waals surface area contributed by atoms with Gasteiger partial charge in [-0.25, -0.2) is 9.37 Å². The molecule has 39 heavy (non-hydrogen) atoms. The number of hydrogen-bond donors (Lipinski definition) is 4. The zero-order valence-corrected chi connectivity index (χ0v) is 22.2. The molecule has 2 fully saturated rings. The molecule has 1 aromatic heterocycles. The fourth-order valence-corrected chi connectivity index (χ4v) is 4.57. The molecule has 3 aromatic rings. The number of amides is 1. The Bertz CT molecular complexity index is 1420. The number of rotatable bonds is 12. The summed E-state index contributed by atoms with van der Waals surface area (Å²) in [6.45, 7) is 4.79. The van der Waals surface area contributed by atoms with Crippen LogP contribution in [-0.4, -0.2) is 52.4 Å². The Morgan fingerprint density at radius 3 is 2.77 bits per heavy atom. The van der Waals surface area contributed by atoms with Crippen LogP contribution >= 0.6 is 0 Å². The molecule has 2 aromatic carbocycles. The zero-order chi connectivity index (χ0) is 27.6. The molecule has 2 aliphatic carbocycles. The molecule has 0 bridgehead atoms. The molecule has 0 radical (unpaired) electrons. The summed E-state index contributed by atoms with van der Waals surface area (Å²) in [7, 11) is 0. The largest absolute Gasteiger partial charge is 0.492 e. The van der Waals surface area contributed by atoms with E-state index in [4.69, 9.17) is 4.74 Å². The number of halogens is 1. The third kappa shape index (κ3) is 6.12. The van der Waals surface area contributed by atoms with Crippen molar-refractivity contribution in [3.05, 3.63) is 81.7 Å². The van der Waals surface area contributed by atoms with E-state index in [1.54, 1.807) is 19.9 Å². The first-order valence-electron chi connectivity index (χ1n) is 13.4. The van der Waals surface area contributed by atoms with E-state index in [0.29, 0.717) is 31.1 Å². The van der Waals surface area contributed by atoms with Gasteiger partial charge in [-0.3, -0.25) is 14.2 Å². The second-order valence-electron chi connectivity index (χ2n) is 10.4. The molecule has 1 heterocycles. The first-order valence-corrected chi connectivity index (χ1v) is 13.4. The lowest BCUT2D eigenvalue weighted by Gasteiger charge is -2.22. The van der Waals surface area contributed by atoms with E-state index >= 15 is 0 Å². The third-order valence-electron chi connectivity index (χ3n) is 7.08. The lowest BCUT2D eigenvalue weighted by Crippen LogP contribution is -2.30. The van der Waals surface area contributed by atoms with Crippen molar-refractivity contribution in [2.24, 2.45) is 0 Å². The van der Waals surface area contributed by atoms with Gasteiger partial charge in [0.15, 0.2) is 5.82 Å². The SMILES string of the molecule is Cc1c(F)cc(C(=O)NC2CC2)cc1-n1ccnc(NC2(c3ccccc3OCCNC[C@H](C)O)CC2)c1=O. The Labute approximate surface area is 226 Å². The highest BCUT2D eigenvalue weighted by molar-refractivity contribution is 5.95. The molecule has 1 atom stereocenters. The summed E-state index contributed by atoms with van der Waals surface area (Å²) in [4.78, 5) is 30.5. The Morgan fingerprint density at radius 1 is 1.28 bits per heavy atom. The second kappa shape index (κ2) is 11.2. The summed E-state index contributed by atoms with van der Waals surface area (Å²) in [6.07, 6.45) is 5.95. The summed E-state index contributed by atoms with van der Waals surface area (Å²) in [5.41, 5.74) is 0.711. The van der Waals surface area contributed by atoms with E-state index in [-0.39, 0.29) is 28.9 Å². The molecule has 4 N–H and O–H groups in total. The molecule has 2 saturated carbocycles. The van der Waals surface area contributed by atoms with Gasteiger partial charge in [-0.15, -0.1) is 0 Å². The van der Waals surface area contributed by atoms with Crippen molar-refractivity contribution in [3.8, 4) is 11.4 Å². The number of carbonyl (C=O) groups excluding carboxylic acids is 1. The molecule has 0 aliphatic heterocycles. The van der Waals surface area contributed by atoms with Crippen LogP contribution in [0.1, 0.15) is 54.1 Å². The highest BCUT2D eigenvalue weighted by Crippen LogP contribution is 2.50. The standard InChI is InChI=1S/C29H34FN5O4/c1-18(36)17-31-12-14-39-25-6-4-3-5-22(25)29(9-10-29)34-26-28(38)35(13-11-32-26)24-16-20(15-23(30)19(24)2)27(37)33-21-7-8-21/h3-6,11,13,15-16,18,21,31,36H,7-10,12,14,17H2,1-2H3,(H,32,34)(H,33,37)/t18-/m0/s1. The number of carbonyl (C=O) groups is 1. The zero-order valence-electron chi connectivity index (χ0n) is 22.2. The van der Waals surface area contributed by atoms with E-state index in [0.717, 1.165) is 31.2 Å². The van der Waals surface area contributed by atoms with Gasteiger partial charge in [0.1, 0.15) is 18.2 Å². The van der Waals surface area contributed by atoms with E-state index in [9.17, 15) is 19.1 Å². The van der Waals surface area contributed by atoms with Crippen LogP contribution in [0.2, 0.25) is 0 Å². The van der Waals surface area contributed by atoms with Crippen LogP contribution in [0.4, 0.5) is 10.2 Å². The molecule has 1 amide bonds. The quantitative estimate of drug-likeness (QED) is 0.264. The minimum atomic E-state index is -0.556. The smallest absolute Gasteiger partial charge is 0.297 e. The average Bonchev–Trinajstić information content (AvgIpc) is 3.85. The molecule has 0 unspecified atom stereocenters. The van der Waals surface area contributed by atoms with Gasteiger partial charge < -0.3 is 25.8 Å². The van der Waals surface area contributed by atoms with E-state index in [1.165, 1.54) is 23.0 Å². The maximum absolute atomic E-state index is 14.9. The number of nitrogens with one attached hydrogen (secondary N) is 3. The Kier molecular flexibility index (Phi) is 7.67. The van der Waals surface area contributed by atoms with Crippen molar-refractivity contribution in [2.75, 3.05) is 25.0 Å². The predicted octanol–water partition coefficient (Wildman–Crippen LogP) is 3.02.